The van der Waals surface area contributed by atoms with Crippen LogP contribution in [0.2, 0.25) is 0 Å². The van der Waals surface area contributed by atoms with E-state index in [-0.39, 0.29) is 66.5 Å². The van der Waals surface area contributed by atoms with Crippen molar-refractivity contribution in [2.24, 2.45) is 0 Å². The van der Waals surface area contributed by atoms with E-state index in [0.29, 0.717) is 0 Å². The first-order valence-electron chi connectivity index (χ1n) is 15.3. The zero-order chi connectivity index (χ0) is 27.3. The van der Waals surface area contributed by atoms with Crippen LogP contribution in [0.4, 0.5) is 0 Å². The van der Waals surface area contributed by atoms with Crippen molar-refractivity contribution in [2.45, 2.75) is 104 Å². The molecule has 0 unspecified atom stereocenters. The summed E-state index contributed by atoms with van der Waals surface area (Å²) in [5.41, 5.74) is 1.54. The topological polar surface area (TPSA) is 0 Å². The van der Waals surface area contributed by atoms with Crippen molar-refractivity contribution in [1.82, 2.24) is 0 Å². The van der Waals surface area contributed by atoms with Crippen LogP contribution in [0.15, 0.2) is 72.8 Å². The van der Waals surface area contributed by atoms with E-state index in [1.165, 1.54) is 85.2 Å². The molecule has 4 aromatic rings. The van der Waals surface area contributed by atoms with Crippen LogP contribution >= 0.6 is 15.8 Å². The average Bonchev–Trinajstić information content (AvgIpc) is 3.52. The van der Waals surface area contributed by atoms with Gasteiger partial charge in [-0.3, -0.25) is 0 Å². The van der Waals surface area contributed by atoms with Gasteiger partial charge in [0.25, 0.3) is 0 Å². The maximum absolute atomic E-state index is 2.47. The molecule has 0 N–H and O–H groups in total. The fraction of sp³-hybridized carbons (Fsp3) is 0.500. The predicted molar refractivity (Wildman–Crippen MR) is 180 cm³/mol. The fourth-order valence-corrected chi connectivity index (χ4v) is 11.2. The number of fused-ring (bicyclic) bond motifs is 2. The van der Waals surface area contributed by atoms with Crippen molar-refractivity contribution in [3.8, 4) is 0 Å². The molecule has 41 heavy (non-hydrogen) atoms. The summed E-state index contributed by atoms with van der Waals surface area (Å²) in [6, 6.07) is 27.3. The Morgan fingerprint density at radius 3 is 1.41 bits per heavy atom. The summed E-state index contributed by atoms with van der Waals surface area (Å²) >= 11 is 0. The van der Waals surface area contributed by atoms with Crippen LogP contribution in [0.3, 0.4) is 0 Å². The van der Waals surface area contributed by atoms with E-state index in [0.717, 1.165) is 11.3 Å². The van der Waals surface area contributed by atoms with Crippen LogP contribution in [0.5, 0.6) is 0 Å². The molecular formula is C36H52Cl2HfP2. The molecule has 4 rings (SSSR count). The maximum atomic E-state index is 2.47. The van der Waals surface area contributed by atoms with Crippen molar-refractivity contribution in [1.29, 1.82) is 0 Å². The third-order valence-corrected chi connectivity index (χ3v) is 13.3. The standard InChI is InChI=1S/C21H32P.C15H20P.2ClH.Hf/c1-3-5-7-11-15-22(16-12-8-6-4-2)21-17-19-13-9-10-14-20(19)18-21;1-11(2)16(12(3)4)15-9-13-7-5-6-8-14(13)10-15;;;/h9-10,13-14,17-18H,3-8,11-12,15-16H2,1-2H3;5-12H,1-4H3;2*1H;/q2*-1;;;+4/p-2. The van der Waals surface area contributed by atoms with Crippen LogP contribution in [0, 0.1) is 0 Å². The van der Waals surface area contributed by atoms with Crippen molar-refractivity contribution in [3.63, 3.8) is 0 Å². The molecule has 0 heterocycles. The van der Waals surface area contributed by atoms with E-state index >= 15 is 0 Å². The Hall–Kier alpha value is -0.0299. The quantitative estimate of drug-likeness (QED) is 0.0703. The van der Waals surface area contributed by atoms with E-state index in [9.17, 15) is 0 Å². The van der Waals surface area contributed by atoms with E-state index in [1.54, 1.807) is 10.6 Å². The molecule has 5 heteroatoms. The largest absolute Gasteiger partial charge is 4.00 e. The van der Waals surface area contributed by atoms with Gasteiger partial charge < -0.3 is 24.8 Å². The van der Waals surface area contributed by atoms with E-state index in [2.05, 4.69) is 114 Å². The molecule has 0 aliphatic carbocycles. The van der Waals surface area contributed by atoms with Crippen LogP contribution in [0.25, 0.3) is 21.5 Å². The third-order valence-electron chi connectivity index (χ3n) is 7.54. The van der Waals surface area contributed by atoms with Crippen molar-refractivity contribution in [3.05, 3.63) is 72.8 Å². The maximum Gasteiger partial charge on any atom is 4.00 e. The molecule has 0 aliphatic rings. The van der Waals surface area contributed by atoms with Crippen LogP contribution in [-0.2, 0) is 25.8 Å². The minimum absolute atomic E-state index is 0. The molecule has 0 nitrogen and oxygen atoms in total. The number of halogens is 2. The molecular weight excluding hydrogens is 744 g/mol. The normalized spacial score (nSPS) is 11.0. The van der Waals surface area contributed by atoms with Crippen molar-refractivity contribution >= 4 is 48.0 Å². The summed E-state index contributed by atoms with van der Waals surface area (Å²) < 4.78 is 0. The van der Waals surface area contributed by atoms with Gasteiger partial charge in [-0.1, -0.05) is 108 Å². The summed E-state index contributed by atoms with van der Waals surface area (Å²) in [5, 5.41) is 8.89. The minimum atomic E-state index is -0.0206. The summed E-state index contributed by atoms with van der Waals surface area (Å²) in [6.45, 7) is 14.0. The van der Waals surface area contributed by atoms with E-state index in [4.69, 9.17) is 0 Å². The van der Waals surface area contributed by atoms with E-state index in [1.807, 2.05) is 0 Å². The summed E-state index contributed by atoms with van der Waals surface area (Å²) in [4.78, 5) is 0. The molecule has 0 fully saturated rings. The first-order chi connectivity index (χ1) is 18.4. The Bertz CT molecular complexity index is 1110. The molecule has 0 aliphatic heterocycles. The van der Waals surface area contributed by atoms with Crippen LogP contribution < -0.4 is 35.4 Å². The second kappa shape index (κ2) is 22.5. The van der Waals surface area contributed by atoms with Crippen LogP contribution in [-0.4, -0.2) is 23.6 Å². The van der Waals surface area contributed by atoms with Gasteiger partial charge in [0.1, 0.15) is 0 Å². The van der Waals surface area contributed by atoms with Gasteiger partial charge in [-0.15, -0.1) is 80.7 Å². The fourth-order valence-electron chi connectivity index (χ4n) is 5.62. The molecule has 4 aromatic carbocycles. The Morgan fingerprint density at radius 2 is 1.00 bits per heavy atom. The number of benzene rings is 2. The Balaban J connectivity index is 0.000000756. The second-order valence-electron chi connectivity index (χ2n) is 11.4. The first kappa shape index (κ1) is 41.0. The summed E-state index contributed by atoms with van der Waals surface area (Å²) in [7, 11) is 0.0436. The van der Waals surface area contributed by atoms with Crippen LogP contribution in [0.1, 0.15) is 92.9 Å². The minimum Gasteiger partial charge on any atom is -1.00 e. The van der Waals surface area contributed by atoms with E-state index < -0.39 is 0 Å². The van der Waals surface area contributed by atoms with Crippen molar-refractivity contribution < 1.29 is 50.7 Å². The molecule has 224 valence electrons. The number of rotatable bonds is 14. The Labute approximate surface area is 286 Å². The number of hydrogen-bond acceptors (Lipinski definition) is 0. The monoisotopic (exact) mass is 796 g/mol. The number of hydrogen-bond donors (Lipinski definition) is 0. The van der Waals surface area contributed by atoms with Crippen molar-refractivity contribution in [2.75, 3.05) is 12.3 Å². The smallest absolute Gasteiger partial charge is 1.00 e. The van der Waals surface area contributed by atoms with Gasteiger partial charge in [0.2, 0.25) is 0 Å². The van der Waals surface area contributed by atoms with Gasteiger partial charge in [-0.05, 0) is 36.5 Å². The number of unbranched alkanes of at least 4 members (excludes halogenated alkanes) is 6. The first-order valence-corrected chi connectivity index (χ1v) is 18.5. The Kier molecular flexibility index (Phi) is 22.5. The predicted octanol–water partition coefficient (Wildman–Crippen LogP) is 5.31. The molecule has 0 bridgehead atoms. The molecule has 0 spiro atoms. The summed E-state index contributed by atoms with van der Waals surface area (Å²) in [6.07, 6.45) is 14.1. The van der Waals surface area contributed by atoms with Gasteiger partial charge in [0.15, 0.2) is 0 Å². The third kappa shape index (κ3) is 13.2. The Morgan fingerprint density at radius 1 is 0.585 bits per heavy atom. The van der Waals surface area contributed by atoms with Gasteiger partial charge in [0.05, 0.1) is 0 Å². The molecule has 0 aromatic heterocycles. The average molecular weight is 796 g/mol. The molecule has 0 radical (unpaired) electrons. The van der Waals surface area contributed by atoms with Gasteiger partial charge in [-0.25, -0.2) is 0 Å². The molecule has 0 saturated heterocycles. The van der Waals surface area contributed by atoms with Gasteiger partial charge in [0, 0.05) is 0 Å². The zero-order valence-electron chi connectivity index (χ0n) is 26.3. The molecule has 0 amide bonds. The SMILES string of the molecule is CC(C)P(c1cc2ccccc2[cH-]1)C(C)C.CCCCCCP(CCCCCC)c1cc2ccccc2[cH-]1.[Cl-].[Cl-].[Hf+4]. The molecule has 0 saturated carbocycles. The zero-order valence-corrected chi connectivity index (χ0v) is 33.2. The molecule has 0 atom stereocenters. The van der Waals surface area contributed by atoms with Gasteiger partial charge in [-0.2, -0.15) is 12.1 Å². The second-order valence-corrected chi connectivity index (χ2v) is 17.3. The van der Waals surface area contributed by atoms with Gasteiger partial charge >= 0.3 is 25.8 Å². The summed E-state index contributed by atoms with van der Waals surface area (Å²) in [5.74, 6) is 0.